The molecule has 1 unspecified atom stereocenters. The van der Waals surface area contributed by atoms with Crippen molar-refractivity contribution in [2.45, 2.75) is 10.4 Å². The molecule has 0 aliphatic heterocycles. The van der Waals surface area contributed by atoms with Gasteiger partial charge in [-0.05, 0) is 24.3 Å². The first-order valence-corrected chi connectivity index (χ1v) is 7.62. The first kappa shape index (κ1) is 14.7. The Morgan fingerprint density at radius 1 is 1.20 bits per heavy atom. The Labute approximate surface area is 112 Å². The lowest BCUT2D eigenvalue weighted by Crippen LogP contribution is -2.13. The zero-order valence-corrected chi connectivity index (χ0v) is 11.1. The molecular weight excluding hydrogens is 322 g/mol. The van der Waals surface area contributed by atoms with Crippen LogP contribution in [0.2, 0.25) is 0 Å². The third-order valence-electron chi connectivity index (χ3n) is 2.09. The van der Waals surface area contributed by atoms with Gasteiger partial charge in [0.15, 0.2) is 10.5 Å². The summed E-state index contributed by atoms with van der Waals surface area (Å²) in [6.45, 7) is 0. The molecule has 108 valence electrons. The van der Waals surface area contributed by atoms with Crippen LogP contribution in [0.15, 0.2) is 39.1 Å². The van der Waals surface area contributed by atoms with E-state index in [4.69, 9.17) is 0 Å². The SMILES string of the molecule is O=S(=O)(N=c1[nH]nc[s+]1C(F)(F)F)c1ccc(F)cc1. The van der Waals surface area contributed by atoms with Crippen molar-refractivity contribution in [3.8, 4) is 0 Å². The van der Waals surface area contributed by atoms with Gasteiger partial charge in [0.25, 0.3) is 15.5 Å². The van der Waals surface area contributed by atoms with Crippen molar-refractivity contribution < 1.29 is 26.0 Å². The number of sulfonamides is 1. The molecule has 2 aromatic rings. The van der Waals surface area contributed by atoms with Gasteiger partial charge in [0.1, 0.15) is 5.82 Å². The molecule has 0 saturated carbocycles. The molecule has 1 aromatic carbocycles. The monoisotopic (exact) mass is 328 g/mol. The quantitative estimate of drug-likeness (QED) is 0.677. The first-order chi connectivity index (χ1) is 9.20. The summed E-state index contributed by atoms with van der Waals surface area (Å²) in [5.74, 6) is -0.672. The number of benzene rings is 1. The molecule has 2 rings (SSSR count). The van der Waals surface area contributed by atoms with E-state index in [-0.39, 0.29) is 0 Å². The van der Waals surface area contributed by atoms with Crippen LogP contribution in [-0.2, 0) is 15.5 Å². The Balaban J connectivity index is 2.55. The summed E-state index contributed by atoms with van der Waals surface area (Å²) in [7, 11) is -6.88. The number of nitrogens with zero attached hydrogens (tertiary/aromatic N) is 2. The second kappa shape index (κ2) is 4.98. The van der Waals surface area contributed by atoms with Crippen LogP contribution in [0.25, 0.3) is 0 Å². The van der Waals surface area contributed by atoms with Gasteiger partial charge < -0.3 is 0 Å². The highest BCUT2D eigenvalue weighted by molar-refractivity contribution is 7.90. The molecule has 20 heavy (non-hydrogen) atoms. The maximum Gasteiger partial charge on any atom is 0.605 e. The van der Waals surface area contributed by atoms with Crippen LogP contribution in [0.5, 0.6) is 0 Å². The minimum atomic E-state index is -4.68. The van der Waals surface area contributed by atoms with Gasteiger partial charge in [0, 0.05) is 0 Å². The zero-order chi connectivity index (χ0) is 15.0. The average Bonchev–Trinajstić information content (AvgIpc) is 2.76. The summed E-state index contributed by atoms with van der Waals surface area (Å²) in [6, 6.07) is 3.57. The number of nitrogens with one attached hydrogen (secondary N) is 1. The first-order valence-electron chi connectivity index (χ1n) is 4.90. The van der Waals surface area contributed by atoms with E-state index >= 15 is 0 Å². The molecule has 0 aliphatic carbocycles. The van der Waals surface area contributed by atoms with Crippen LogP contribution in [0.3, 0.4) is 0 Å². The Morgan fingerprint density at radius 2 is 1.80 bits per heavy atom. The largest absolute Gasteiger partial charge is 0.605 e. The molecule has 0 saturated heterocycles. The summed E-state index contributed by atoms with van der Waals surface area (Å²) in [5.41, 5.74) is -4.14. The third-order valence-corrected chi connectivity index (χ3v) is 4.91. The summed E-state index contributed by atoms with van der Waals surface area (Å²) < 4.78 is 77.2. The maximum atomic E-state index is 12.7. The van der Waals surface area contributed by atoms with Crippen LogP contribution in [0, 0.1) is 5.82 Å². The van der Waals surface area contributed by atoms with Gasteiger partial charge in [0.2, 0.25) is 0 Å². The average molecular weight is 328 g/mol. The zero-order valence-electron chi connectivity index (χ0n) is 9.43. The number of alkyl halides is 3. The Kier molecular flexibility index (Phi) is 3.65. The number of hydrogen-bond acceptors (Lipinski definition) is 3. The predicted molar refractivity (Wildman–Crippen MR) is 61.5 cm³/mol. The highest BCUT2D eigenvalue weighted by Gasteiger charge is 2.46. The van der Waals surface area contributed by atoms with E-state index in [1.807, 2.05) is 5.10 Å². The molecule has 0 radical (unpaired) electrons. The highest BCUT2D eigenvalue weighted by Crippen LogP contribution is 2.36. The molecule has 0 fully saturated rings. The van der Waals surface area contributed by atoms with Crippen LogP contribution in [0.1, 0.15) is 0 Å². The molecule has 5 nitrogen and oxygen atoms in total. The number of H-pyrrole nitrogens is 1. The number of rotatable bonds is 2. The fraction of sp³-hybridized carbons (Fsp3) is 0.111. The fourth-order valence-electron chi connectivity index (χ4n) is 1.23. The van der Waals surface area contributed by atoms with E-state index in [9.17, 15) is 26.0 Å². The molecule has 0 bridgehead atoms. The van der Waals surface area contributed by atoms with Crippen molar-refractivity contribution in [2.24, 2.45) is 4.40 Å². The standard InChI is InChI=1S/C9H6F4N3O2S2/c10-6-1-3-7(4-2-6)20(17,18)16-8-15-14-5-19(8)9(11,12)13/h1-5H,(H,15,16)/q+1. The molecule has 0 spiro atoms. The van der Waals surface area contributed by atoms with E-state index in [1.54, 1.807) is 0 Å². The van der Waals surface area contributed by atoms with Gasteiger partial charge in [-0.15, -0.1) is 18.3 Å². The van der Waals surface area contributed by atoms with Crippen LogP contribution in [0.4, 0.5) is 17.6 Å². The van der Waals surface area contributed by atoms with Crippen LogP contribution in [-0.4, -0.2) is 18.6 Å². The van der Waals surface area contributed by atoms with Crippen molar-refractivity contribution >= 4 is 20.5 Å². The number of aromatic amines is 1. The Hall–Kier alpha value is -1.75. The normalized spacial score (nSPS) is 14.6. The smallest absolute Gasteiger partial charge is 0.210 e. The molecular formula is C9H6F4N3O2S2+. The lowest BCUT2D eigenvalue weighted by molar-refractivity contribution is -0.0872. The Bertz CT molecular complexity index is 775. The van der Waals surface area contributed by atoms with Crippen LogP contribution < -0.4 is 4.80 Å². The van der Waals surface area contributed by atoms with Crippen molar-refractivity contribution in [3.05, 3.63) is 40.4 Å². The lowest BCUT2D eigenvalue weighted by Gasteiger charge is -1.96. The number of halogens is 4. The van der Waals surface area contributed by atoms with Gasteiger partial charge in [-0.3, -0.25) is 0 Å². The Morgan fingerprint density at radius 3 is 2.35 bits per heavy atom. The van der Waals surface area contributed by atoms with E-state index in [2.05, 4.69) is 9.50 Å². The molecule has 1 N–H and O–H groups in total. The van der Waals surface area contributed by atoms with Crippen molar-refractivity contribution in [1.29, 1.82) is 0 Å². The van der Waals surface area contributed by atoms with E-state index in [0.29, 0.717) is 5.51 Å². The number of hydrogen-bond donors (Lipinski definition) is 1. The molecule has 1 aromatic heterocycles. The molecule has 11 heteroatoms. The van der Waals surface area contributed by atoms with Gasteiger partial charge >= 0.3 is 10.3 Å². The lowest BCUT2D eigenvalue weighted by atomic mass is 10.4. The second-order valence-electron chi connectivity index (χ2n) is 3.46. The van der Waals surface area contributed by atoms with Gasteiger partial charge in [-0.2, -0.15) is 8.42 Å². The summed E-state index contributed by atoms with van der Waals surface area (Å²) in [6.07, 6.45) is 0. The predicted octanol–water partition coefficient (Wildman–Crippen LogP) is 2.06. The summed E-state index contributed by atoms with van der Waals surface area (Å²) in [5, 5.41) is 5.08. The topological polar surface area (TPSA) is 75.2 Å². The van der Waals surface area contributed by atoms with Gasteiger partial charge in [0.05, 0.1) is 4.90 Å². The fourth-order valence-corrected chi connectivity index (χ4v) is 3.44. The third kappa shape index (κ3) is 3.04. The van der Waals surface area contributed by atoms with E-state index in [1.165, 1.54) is 0 Å². The molecule has 1 heterocycles. The van der Waals surface area contributed by atoms with Crippen molar-refractivity contribution in [3.63, 3.8) is 0 Å². The maximum absolute atomic E-state index is 12.7. The summed E-state index contributed by atoms with van der Waals surface area (Å²) >= 11 is 0. The molecule has 1 atom stereocenters. The summed E-state index contributed by atoms with van der Waals surface area (Å²) in [4.78, 5) is -1.23. The minimum Gasteiger partial charge on any atom is -0.210 e. The van der Waals surface area contributed by atoms with Crippen LogP contribution >= 0.6 is 10.5 Å². The molecule has 0 aliphatic rings. The highest BCUT2D eigenvalue weighted by atomic mass is 32.2. The van der Waals surface area contributed by atoms with E-state index in [0.717, 1.165) is 24.3 Å². The van der Waals surface area contributed by atoms with Crippen molar-refractivity contribution in [2.75, 3.05) is 0 Å². The van der Waals surface area contributed by atoms with E-state index < -0.39 is 41.5 Å². The second-order valence-corrected chi connectivity index (χ2v) is 6.80. The minimum absolute atomic E-state index is 0.411. The number of aromatic nitrogens is 2. The molecule has 0 amide bonds. The van der Waals surface area contributed by atoms with Gasteiger partial charge in [-0.1, -0.05) is 4.40 Å². The van der Waals surface area contributed by atoms with Crippen molar-refractivity contribution in [1.82, 2.24) is 10.2 Å². The van der Waals surface area contributed by atoms with Gasteiger partial charge in [-0.25, -0.2) is 9.49 Å².